The van der Waals surface area contributed by atoms with E-state index in [4.69, 9.17) is 38.8 Å². The fourth-order valence-corrected chi connectivity index (χ4v) is 4.38. The number of allylic oxidation sites excluding steroid dienone is 1. The number of benzene rings is 2. The molecule has 2 unspecified atom stereocenters. The second kappa shape index (κ2) is 9.51. The lowest BCUT2D eigenvalue weighted by atomic mass is 9.96. The number of oxime groups is 1. The molecule has 0 saturated heterocycles. The first kappa shape index (κ1) is 22.2. The normalized spacial score (nSPS) is 19.1. The number of likely N-dealkylation sites (N-methyl/N-ethyl adjacent to an activating group) is 1. The largest absolute Gasteiger partial charge is 0.411 e. The van der Waals surface area contributed by atoms with Gasteiger partial charge in [-0.15, -0.1) is 0 Å². The van der Waals surface area contributed by atoms with E-state index >= 15 is 0 Å². The van der Waals surface area contributed by atoms with Gasteiger partial charge in [-0.2, -0.15) is 5.90 Å². The molecule has 2 atom stereocenters. The molecule has 0 bridgehead atoms. The Hall–Kier alpha value is -2.54. The van der Waals surface area contributed by atoms with Crippen molar-refractivity contribution in [2.75, 3.05) is 14.2 Å². The molecule has 1 fully saturated rings. The summed E-state index contributed by atoms with van der Waals surface area (Å²) in [5.74, 6) is 6.12. The lowest BCUT2D eigenvalue weighted by Crippen LogP contribution is -2.29. The summed E-state index contributed by atoms with van der Waals surface area (Å²) >= 11 is 12.8. The van der Waals surface area contributed by atoms with Crippen molar-refractivity contribution >= 4 is 40.6 Å². The summed E-state index contributed by atoms with van der Waals surface area (Å²) in [7, 11) is 2.91. The molecule has 0 aliphatic heterocycles. The Bertz CT molecular complexity index is 1000. The number of amides is 1. The predicted molar refractivity (Wildman–Crippen MR) is 119 cm³/mol. The Morgan fingerprint density at radius 1 is 1.13 bits per heavy atom. The van der Waals surface area contributed by atoms with Crippen molar-refractivity contribution in [2.45, 2.75) is 19.3 Å². The van der Waals surface area contributed by atoms with Gasteiger partial charge in [0.05, 0.1) is 0 Å². The molecule has 0 radical (unpaired) electrons. The van der Waals surface area contributed by atoms with Crippen LogP contribution in [-0.4, -0.2) is 25.8 Å². The minimum absolute atomic E-state index is 0.124. The number of nitrogens with one attached hydrogen (secondary N) is 1. The zero-order chi connectivity index (χ0) is 21.8. The van der Waals surface area contributed by atoms with Gasteiger partial charge in [0.2, 0.25) is 0 Å². The van der Waals surface area contributed by atoms with Crippen LogP contribution in [0.25, 0.3) is 5.76 Å². The summed E-state index contributed by atoms with van der Waals surface area (Å²) in [4.78, 5) is 22.5. The predicted octanol–water partition coefficient (Wildman–Crippen LogP) is 4.51. The third-order valence-corrected chi connectivity index (χ3v) is 5.90. The maximum atomic E-state index is 12.4. The van der Waals surface area contributed by atoms with Crippen LogP contribution in [0.2, 0.25) is 10.0 Å². The van der Waals surface area contributed by atoms with Gasteiger partial charge in [0, 0.05) is 28.2 Å². The van der Waals surface area contributed by atoms with Gasteiger partial charge in [0.1, 0.15) is 7.11 Å². The number of hydrogen-bond acceptors (Lipinski definition) is 5. The Morgan fingerprint density at radius 2 is 1.77 bits per heavy atom. The number of nitrogens with two attached hydrogens (primary N) is 1. The average Bonchev–Trinajstić information content (AvgIpc) is 3.53. The molecule has 6 nitrogen and oxygen atoms in total. The first-order chi connectivity index (χ1) is 14.4. The summed E-state index contributed by atoms with van der Waals surface area (Å²) in [5.41, 5.74) is 3.19. The summed E-state index contributed by atoms with van der Waals surface area (Å²) < 4.78 is 0. The molecule has 0 heterocycles. The third kappa shape index (κ3) is 4.31. The lowest BCUT2D eigenvalue weighted by molar-refractivity contribution is -0.114. The van der Waals surface area contributed by atoms with Gasteiger partial charge in [0.15, 0.2) is 11.5 Å². The van der Waals surface area contributed by atoms with Gasteiger partial charge < -0.3 is 15.0 Å². The maximum absolute atomic E-state index is 12.4. The van der Waals surface area contributed by atoms with Gasteiger partial charge in [0.25, 0.3) is 5.91 Å². The first-order valence-corrected chi connectivity index (χ1v) is 10.1. The van der Waals surface area contributed by atoms with Crippen molar-refractivity contribution in [2.24, 2.45) is 17.0 Å². The zero-order valence-electron chi connectivity index (χ0n) is 16.9. The van der Waals surface area contributed by atoms with Crippen molar-refractivity contribution in [3.8, 4) is 0 Å². The lowest BCUT2D eigenvalue weighted by Gasteiger charge is -2.15. The number of hydrogen-bond donors (Lipinski definition) is 2. The summed E-state index contributed by atoms with van der Waals surface area (Å²) in [6.45, 7) is 1.96. The molecule has 0 spiro atoms. The molecule has 3 rings (SSSR count). The minimum Gasteiger partial charge on any atom is -0.411 e. The van der Waals surface area contributed by atoms with Crippen molar-refractivity contribution < 1.29 is 14.5 Å². The molecule has 8 heteroatoms. The van der Waals surface area contributed by atoms with Gasteiger partial charge in [-0.1, -0.05) is 58.7 Å². The molecule has 0 aromatic heterocycles. The third-order valence-electron chi connectivity index (χ3n) is 5.24. The number of nitrogens with zero attached hydrogens (tertiary/aromatic N) is 1. The van der Waals surface area contributed by atoms with E-state index in [0.29, 0.717) is 26.9 Å². The molecular weight excluding hydrogens is 425 g/mol. The first-order valence-electron chi connectivity index (χ1n) is 9.38. The van der Waals surface area contributed by atoms with Crippen molar-refractivity contribution in [1.29, 1.82) is 0 Å². The molecule has 3 N–H and O–H groups in total. The highest BCUT2D eigenvalue weighted by atomic mass is 35.5. The van der Waals surface area contributed by atoms with E-state index in [0.717, 1.165) is 17.6 Å². The fraction of sp³-hybridized carbons (Fsp3) is 0.273. The van der Waals surface area contributed by atoms with E-state index in [-0.39, 0.29) is 23.5 Å². The van der Waals surface area contributed by atoms with Crippen LogP contribution in [-0.2, 0) is 14.5 Å². The second-order valence-electron chi connectivity index (χ2n) is 6.96. The van der Waals surface area contributed by atoms with E-state index < -0.39 is 0 Å². The smallest absolute Gasteiger partial charge is 0.273 e. The van der Waals surface area contributed by atoms with E-state index in [1.165, 1.54) is 14.2 Å². The molecule has 158 valence electrons. The van der Waals surface area contributed by atoms with Crippen molar-refractivity contribution in [1.82, 2.24) is 5.32 Å². The highest BCUT2D eigenvalue weighted by Crippen LogP contribution is 2.56. The monoisotopic (exact) mass is 447 g/mol. The van der Waals surface area contributed by atoms with Crippen molar-refractivity contribution in [3.05, 3.63) is 74.8 Å². The summed E-state index contributed by atoms with van der Waals surface area (Å²) in [6, 6.07) is 12.7. The van der Waals surface area contributed by atoms with E-state index in [1.807, 2.05) is 37.3 Å². The molecular formula is C22H23Cl2N3O3. The Kier molecular flexibility index (Phi) is 7.02. The van der Waals surface area contributed by atoms with Crippen LogP contribution in [0.5, 0.6) is 0 Å². The summed E-state index contributed by atoms with van der Waals surface area (Å²) in [6.07, 6.45) is 0.874. The van der Waals surface area contributed by atoms with Crippen LogP contribution in [0.3, 0.4) is 0 Å². The number of rotatable bonds is 7. The van der Waals surface area contributed by atoms with Crippen LogP contribution in [0.15, 0.2) is 53.2 Å². The zero-order valence-corrected chi connectivity index (χ0v) is 18.4. The van der Waals surface area contributed by atoms with Crippen molar-refractivity contribution in [3.63, 3.8) is 0 Å². The quantitative estimate of drug-likeness (QED) is 0.371. The Morgan fingerprint density at radius 3 is 2.33 bits per heavy atom. The van der Waals surface area contributed by atoms with E-state index in [9.17, 15) is 4.79 Å². The highest BCUT2D eigenvalue weighted by Gasteiger charge is 2.43. The fourth-order valence-electron chi connectivity index (χ4n) is 3.71. The molecule has 2 aromatic carbocycles. The number of halogens is 2. The average molecular weight is 448 g/mol. The van der Waals surface area contributed by atoms with Crippen LogP contribution >= 0.6 is 23.2 Å². The molecule has 1 aliphatic carbocycles. The van der Waals surface area contributed by atoms with Gasteiger partial charge in [-0.05, 0) is 48.4 Å². The van der Waals surface area contributed by atoms with Gasteiger partial charge >= 0.3 is 0 Å². The molecule has 1 saturated carbocycles. The number of carbonyl (C=O) groups excluding carboxylic acids is 1. The SMILES string of the molecule is CNC(=O)C(=NOC)c1ccccc1C(ON)=C(C)C1CC1c1c(Cl)cccc1Cl. The standard InChI is InChI=1S/C22H23Cl2N3O3/c1-12(15-11-16(15)19-17(23)9-6-10-18(19)24)21(30-25)14-8-5-4-7-13(14)20(27-29-3)22(28)26-2/h4-10,15-16H,11,25H2,1-3H3,(H,26,28). The molecule has 1 amide bonds. The summed E-state index contributed by atoms with van der Waals surface area (Å²) in [5, 5.41) is 7.76. The molecule has 2 aromatic rings. The Labute approximate surface area is 185 Å². The topological polar surface area (TPSA) is 85.9 Å². The molecule has 30 heavy (non-hydrogen) atoms. The maximum Gasteiger partial charge on any atom is 0.273 e. The number of carbonyl (C=O) groups is 1. The highest BCUT2D eigenvalue weighted by molar-refractivity contribution is 6.45. The van der Waals surface area contributed by atoms with Gasteiger partial charge in [-0.3, -0.25) is 4.79 Å². The second-order valence-corrected chi connectivity index (χ2v) is 7.78. The van der Waals surface area contributed by atoms with E-state index in [1.54, 1.807) is 12.1 Å². The Balaban J connectivity index is 2.04. The van der Waals surface area contributed by atoms with E-state index in [2.05, 4.69) is 10.5 Å². The van der Waals surface area contributed by atoms with Crippen LogP contribution in [0.4, 0.5) is 0 Å². The van der Waals surface area contributed by atoms with Crippen LogP contribution in [0, 0.1) is 5.92 Å². The molecule has 1 aliphatic rings. The van der Waals surface area contributed by atoms with Crippen LogP contribution < -0.4 is 11.2 Å². The van der Waals surface area contributed by atoms with Gasteiger partial charge in [-0.25, -0.2) is 0 Å². The minimum atomic E-state index is -0.384. The van der Waals surface area contributed by atoms with Crippen LogP contribution in [0.1, 0.15) is 36.0 Å².